The number of allylic oxidation sites excluding steroid dienone is 4. The van der Waals surface area contributed by atoms with Crippen LogP contribution < -0.4 is 0 Å². The number of nitrogens with zero attached hydrogens (tertiary/aromatic N) is 1. The number of hydrogen-bond donors (Lipinski definition) is 1. The van der Waals surface area contributed by atoms with Crippen molar-refractivity contribution in [1.29, 1.82) is 0 Å². The number of carboxylic acid groups (broad SMARTS) is 1. The van der Waals surface area contributed by atoms with Gasteiger partial charge in [0.05, 0.1) is 11.3 Å². The molecule has 0 bridgehead atoms. The van der Waals surface area contributed by atoms with Gasteiger partial charge < -0.3 is 5.11 Å². The van der Waals surface area contributed by atoms with Gasteiger partial charge in [0.25, 0.3) is 0 Å². The maximum atomic E-state index is 13.1. The number of carbonyl (C=O) groups is 1. The summed E-state index contributed by atoms with van der Waals surface area (Å²) in [5.41, 5.74) is 1.18. The molecular weight excluding hydrogens is 185 g/mol. The molecule has 0 spiro atoms. The summed E-state index contributed by atoms with van der Waals surface area (Å²) in [4.78, 5) is 14.3. The Morgan fingerprint density at radius 3 is 3.07 bits per heavy atom. The molecule has 1 heterocycles. The highest BCUT2D eigenvalue weighted by molar-refractivity contribution is 6.06. The molecular formula is C10H8FNO2. The van der Waals surface area contributed by atoms with Crippen LogP contribution in [0.4, 0.5) is 4.39 Å². The third-order valence-corrected chi connectivity index (χ3v) is 2.22. The van der Waals surface area contributed by atoms with Crippen LogP contribution in [0.5, 0.6) is 0 Å². The summed E-state index contributed by atoms with van der Waals surface area (Å²) in [5, 5.41) is 8.69. The van der Waals surface area contributed by atoms with Gasteiger partial charge in [-0.3, -0.25) is 0 Å². The van der Waals surface area contributed by atoms with Crippen LogP contribution in [0.15, 0.2) is 40.3 Å². The van der Waals surface area contributed by atoms with Crippen molar-refractivity contribution >= 4 is 11.7 Å². The normalized spacial score (nSPS) is 20.1. The average molecular weight is 193 g/mol. The zero-order valence-corrected chi connectivity index (χ0v) is 7.33. The molecule has 0 aromatic rings. The van der Waals surface area contributed by atoms with Gasteiger partial charge in [0, 0.05) is 12.8 Å². The van der Waals surface area contributed by atoms with Gasteiger partial charge in [-0.25, -0.2) is 9.79 Å². The van der Waals surface area contributed by atoms with Crippen molar-refractivity contribution in [3.8, 4) is 0 Å². The molecule has 0 radical (unpaired) electrons. The van der Waals surface area contributed by atoms with Crippen LogP contribution in [0, 0.1) is 0 Å². The number of carboxylic acids is 1. The van der Waals surface area contributed by atoms with Crippen LogP contribution in [-0.2, 0) is 4.79 Å². The summed E-state index contributed by atoms with van der Waals surface area (Å²) in [6, 6.07) is 0. The lowest BCUT2D eigenvalue weighted by Crippen LogP contribution is -2.15. The molecule has 2 rings (SSSR count). The predicted octanol–water partition coefficient (Wildman–Crippen LogP) is 1.98. The zero-order valence-electron chi connectivity index (χ0n) is 7.33. The molecule has 0 saturated carbocycles. The number of fused-ring (bicyclic) bond motifs is 1. The van der Waals surface area contributed by atoms with Crippen LogP contribution in [-0.4, -0.2) is 16.8 Å². The van der Waals surface area contributed by atoms with Gasteiger partial charge in [-0.1, -0.05) is 18.2 Å². The van der Waals surface area contributed by atoms with Crippen molar-refractivity contribution in [3.05, 3.63) is 35.3 Å². The first-order valence-electron chi connectivity index (χ1n) is 4.24. The average Bonchev–Trinajstić information content (AvgIpc) is 2.16. The molecule has 2 aliphatic rings. The van der Waals surface area contributed by atoms with E-state index in [1.54, 1.807) is 6.08 Å². The summed E-state index contributed by atoms with van der Waals surface area (Å²) in [7, 11) is 0. The molecule has 72 valence electrons. The van der Waals surface area contributed by atoms with E-state index in [1.165, 1.54) is 0 Å². The molecule has 1 aliphatic carbocycles. The third-order valence-electron chi connectivity index (χ3n) is 2.22. The number of hydrogen-bond acceptors (Lipinski definition) is 2. The smallest absolute Gasteiger partial charge is 0.336 e. The van der Waals surface area contributed by atoms with Gasteiger partial charge in [-0.15, -0.1) is 0 Å². The predicted molar refractivity (Wildman–Crippen MR) is 49.7 cm³/mol. The molecule has 0 unspecified atom stereocenters. The minimum atomic E-state index is -1.24. The van der Waals surface area contributed by atoms with E-state index < -0.39 is 11.9 Å². The van der Waals surface area contributed by atoms with E-state index in [2.05, 4.69) is 4.99 Å². The number of halogens is 1. The van der Waals surface area contributed by atoms with E-state index in [0.29, 0.717) is 12.1 Å². The van der Waals surface area contributed by atoms with Gasteiger partial charge in [0.1, 0.15) is 0 Å². The lowest BCUT2D eigenvalue weighted by Gasteiger charge is -2.16. The van der Waals surface area contributed by atoms with Gasteiger partial charge in [-0.05, 0) is 5.57 Å². The van der Waals surface area contributed by atoms with Crippen LogP contribution in [0.3, 0.4) is 0 Å². The first kappa shape index (κ1) is 8.87. The second-order valence-electron chi connectivity index (χ2n) is 3.13. The second kappa shape index (κ2) is 3.21. The highest BCUT2D eigenvalue weighted by Crippen LogP contribution is 2.27. The summed E-state index contributed by atoms with van der Waals surface area (Å²) >= 11 is 0. The minimum Gasteiger partial charge on any atom is -0.478 e. The van der Waals surface area contributed by atoms with E-state index in [1.807, 2.05) is 12.2 Å². The van der Waals surface area contributed by atoms with Gasteiger partial charge in [-0.2, -0.15) is 4.39 Å². The molecule has 1 aliphatic heterocycles. The first-order chi connectivity index (χ1) is 6.68. The van der Waals surface area contributed by atoms with Crippen molar-refractivity contribution < 1.29 is 14.3 Å². The van der Waals surface area contributed by atoms with Crippen molar-refractivity contribution in [2.75, 3.05) is 0 Å². The Morgan fingerprint density at radius 1 is 1.57 bits per heavy atom. The molecule has 14 heavy (non-hydrogen) atoms. The maximum Gasteiger partial charge on any atom is 0.336 e. The molecule has 0 fully saturated rings. The van der Waals surface area contributed by atoms with Gasteiger partial charge in [0.2, 0.25) is 5.95 Å². The molecule has 0 aromatic heterocycles. The standard InChI is InChI=1S/C10H8FNO2/c11-9-7(10(13)14)5-6-3-1-2-4-8(6)12-9/h1-3H,4-5H2,(H,13,14). The van der Waals surface area contributed by atoms with Crippen molar-refractivity contribution in [1.82, 2.24) is 0 Å². The largest absolute Gasteiger partial charge is 0.478 e. The lowest BCUT2D eigenvalue weighted by atomic mass is 9.94. The van der Waals surface area contributed by atoms with Crippen LogP contribution in [0.1, 0.15) is 12.8 Å². The van der Waals surface area contributed by atoms with E-state index in [9.17, 15) is 9.18 Å². The summed E-state index contributed by atoms with van der Waals surface area (Å²) in [6.07, 6.45) is 6.17. The number of rotatable bonds is 1. The quantitative estimate of drug-likeness (QED) is 0.647. The SMILES string of the molecule is O=C(O)C1=C(F)N=C2CC=CC=C2C1. The Bertz CT molecular complexity index is 416. The molecule has 0 amide bonds. The highest BCUT2D eigenvalue weighted by Gasteiger charge is 2.24. The minimum absolute atomic E-state index is 0.129. The fourth-order valence-electron chi connectivity index (χ4n) is 1.48. The Hall–Kier alpha value is -1.71. The summed E-state index contributed by atoms with van der Waals surface area (Å²) in [6.45, 7) is 0. The highest BCUT2D eigenvalue weighted by atomic mass is 19.1. The summed E-state index contributed by atoms with van der Waals surface area (Å²) < 4.78 is 13.1. The van der Waals surface area contributed by atoms with E-state index >= 15 is 0 Å². The Labute approximate surface area is 80.0 Å². The van der Waals surface area contributed by atoms with Crippen molar-refractivity contribution in [3.63, 3.8) is 0 Å². The van der Waals surface area contributed by atoms with Crippen molar-refractivity contribution in [2.24, 2.45) is 4.99 Å². The summed E-state index contributed by atoms with van der Waals surface area (Å²) in [5.74, 6) is -2.10. The molecule has 0 saturated heterocycles. The van der Waals surface area contributed by atoms with Gasteiger partial charge >= 0.3 is 5.97 Å². The first-order valence-corrected chi connectivity index (χ1v) is 4.24. The Kier molecular flexibility index (Phi) is 2.04. The lowest BCUT2D eigenvalue weighted by molar-refractivity contribution is -0.132. The van der Waals surface area contributed by atoms with Gasteiger partial charge in [0.15, 0.2) is 0 Å². The monoisotopic (exact) mass is 193 g/mol. The topological polar surface area (TPSA) is 49.7 Å². The number of aliphatic imine (C=N–C) groups is 1. The number of aliphatic carboxylic acids is 1. The molecule has 1 N–H and O–H groups in total. The second-order valence-corrected chi connectivity index (χ2v) is 3.13. The van der Waals surface area contributed by atoms with E-state index in [0.717, 1.165) is 5.57 Å². The molecule has 0 aromatic carbocycles. The van der Waals surface area contributed by atoms with E-state index in [-0.39, 0.29) is 12.0 Å². The Balaban J connectivity index is 2.41. The van der Waals surface area contributed by atoms with Crippen LogP contribution in [0.2, 0.25) is 0 Å². The van der Waals surface area contributed by atoms with Crippen LogP contribution >= 0.6 is 0 Å². The Morgan fingerprint density at radius 2 is 2.36 bits per heavy atom. The molecule has 4 heteroatoms. The van der Waals surface area contributed by atoms with Crippen LogP contribution in [0.25, 0.3) is 0 Å². The zero-order chi connectivity index (χ0) is 10.1. The molecule has 0 atom stereocenters. The van der Waals surface area contributed by atoms with E-state index in [4.69, 9.17) is 5.11 Å². The fraction of sp³-hybridized carbons (Fsp3) is 0.200. The fourth-order valence-corrected chi connectivity index (χ4v) is 1.48. The maximum absolute atomic E-state index is 13.1. The molecule has 3 nitrogen and oxygen atoms in total. The third kappa shape index (κ3) is 1.39. The van der Waals surface area contributed by atoms with Crippen molar-refractivity contribution in [2.45, 2.75) is 12.8 Å².